The third kappa shape index (κ3) is 5.15. The summed E-state index contributed by atoms with van der Waals surface area (Å²) in [5.41, 5.74) is 0.542. The van der Waals surface area contributed by atoms with Crippen LogP contribution in [-0.2, 0) is 20.8 Å². The van der Waals surface area contributed by atoms with Crippen LogP contribution in [-0.4, -0.2) is 47.9 Å². The quantitative estimate of drug-likeness (QED) is 0.571. The van der Waals surface area contributed by atoms with Crippen molar-refractivity contribution in [3.8, 4) is 0 Å². The first kappa shape index (κ1) is 24.6. The predicted molar refractivity (Wildman–Crippen MR) is 125 cm³/mol. The van der Waals surface area contributed by atoms with Gasteiger partial charge in [-0.2, -0.15) is 0 Å². The number of fused-ring (bicyclic) bond motifs is 1. The first-order valence-corrected chi connectivity index (χ1v) is 11.0. The summed E-state index contributed by atoms with van der Waals surface area (Å²) >= 11 is 6.06. The number of halogens is 2. The van der Waals surface area contributed by atoms with Crippen LogP contribution in [0.3, 0.4) is 0 Å². The number of nitrogens with zero attached hydrogens (tertiary/aromatic N) is 2. The molecule has 1 aromatic heterocycles. The van der Waals surface area contributed by atoms with Gasteiger partial charge in [0.05, 0.1) is 16.8 Å². The molecule has 1 aromatic carbocycles. The van der Waals surface area contributed by atoms with E-state index in [9.17, 15) is 18.8 Å². The Bertz CT molecular complexity index is 1040. The maximum Gasteiger partial charge on any atom is 0.251 e. The van der Waals surface area contributed by atoms with Gasteiger partial charge in [0.2, 0.25) is 11.8 Å². The molecule has 3 N–H and O–H groups in total. The molecule has 0 radical (unpaired) electrons. The lowest BCUT2D eigenvalue weighted by molar-refractivity contribution is -0.130. The van der Waals surface area contributed by atoms with Crippen LogP contribution in [0.15, 0.2) is 36.5 Å². The second kappa shape index (κ2) is 10.3. The highest BCUT2D eigenvalue weighted by atomic mass is 35.5. The van der Waals surface area contributed by atoms with Crippen LogP contribution in [0, 0.1) is 11.7 Å². The Hall–Kier alpha value is -3.04. The van der Waals surface area contributed by atoms with Crippen molar-refractivity contribution >= 4 is 40.8 Å². The fourth-order valence-corrected chi connectivity index (χ4v) is 3.83. The molecular weight excluding hydrogens is 449 g/mol. The molecule has 0 fully saturated rings. The van der Waals surface area contributed by atoms with Crippen LogP contribution < -0.4 is 20.9 Å². The minimum absolute atomic E-state index is 0.0447. The first-order valence-electron chi connectivity index (χ1n) is 10.6. The molecule has 0 bridgehead atoms. The number of hydrogen-bond donors (Lipinski definition) is 3. The standard InChI is InChI=1S/C23H27ClFN5O3/c1-12(2)18(28-21(31)13(3)26-4)23(33)30-17(11-14-7-6-10-27-20(14)30)22(32)29-19-15(24)8-5-9-16(19)25/h5-10,12-13,17-18,26H,11H2,1-4H3,(H,28,31)(H,29,32)/t13-,17?,18?/m0/s1. The minimum Gasteiger partial charge on any atom is -0.343 e. The molecule has 0 spiro atoms. The maximum absolute atomic E-state index is 14.3. The average Bonchev–Trinajstić information content (AvgIpc) is 3.18. The van der Waals surface area contributed by atoms with E-state index in [1.165, 1.54) is 29.3 Å². The Morgan fingerprint density at radius 2 is 1.91 bits per heavy atom. The minimum atomic E-state index is -0.988. The summed E-state index contributed by atoms with van der Waals surface area (Å²) in [7, 11) is 1.64. The Morgan fingerprint density at radius 1 is 1.18 bits per heavy atom. The number of likely N-dealkylation sites (N-methyl/N-ethyl adjacent to an activating group) is 1. The summed E-state index contributed by atoms with van der Waals surface area (Å²) in [5, 5.41) is 8.16. The van der Waals surface area contributed by atoms with Gasteiger partial charge in [-0.25, -0.2) is 9.37 Å². The predicted octanol–water partition coefficient (Wildman–Crippen LogP) is 2.52. The maximum atomic E-state index is 14.3. The number of rotatable bonds is 7. The van der Waals surface area contributed by atoms with Crippen molar-refractivity contribution in [2.45, 2.75) is 45.3 Å². The van der Waals surface area contributed by atoms with Crippen molar-refractivity contribution in [1.82, 2.24) is 15.6 Å². The molecule has 10 heteroatoms. The third-order valence-corrected chi connectivity index (χ3v) is 5.94. The molecule has 1 aliphatic heterocycles. The van der Waals surface area contributed by atoms with Gasteiger partial charge in [-0.1, -0.05) is 37.6 Å². The number of carbonyl (C=O) groups is 3. The van der Waals surface area contributed by atoms with E-state index in [0.717, 1.165) is 0 Å². The van der Waals surface area contributed by atoms with E-state index >= 15 is 0 Å². The van der Waals surface area contributed by atoms with Crippen molar-refractivity contribution in [2.24, 2.45) is 5.92 Å². The van der Waals surface area contributed by atoms with Crippen LogP contribution in [0.4, 0.5) is 15.9 Å². The number of amides is 3. The number of hydrogen-bond acceptors (Lipinski definition) is 5. The summed E-state index contributed by atoms with van der Waals surface area (Å²) in [6.07, 6.45) is 1.72. The molecule has 3 amide bonds. The second-order valence-corrected chi connectivity index (χ2v) is 8.65. The Balaban J connectivity index is 1.94. The number of benzene rings is 1. The number of aromatic nitrogens is 1. The summed E-state index contributed by atoms with van der Waals surface area (Å²) in [5.74, 6) is -2.03. The van der Waals surface area contributed by atoms with Gasteiger partial charge < -0.3 is 16.0 Å². The molecular formula is C23H27ClFN5O3. The fourth-order valence-electron chi connectivity index (χ4n) is 3.62. The van der Waals surface area contributed by atoms with Gasteiger partial charge in [-0.05, 0) is 43.7 Å². The SMILES string of the molecule is CN[C@@H](C)C(=O)NC(C(=O)N1c2ncccc2CC1C(=O)Nc1c(F)cccc1Cl)C(C)C. The van der Waals surface area contributed by atoms with Gasteiger partial charge >= 0.3 is 0 Å². The van der Waals surface area contributed by atoms with Crippen LogP contribution >= 0.6 is 11.6 Å². The molecule has 8 nitrogen and oxygen atoms in total. The van der Waals surface area contributed by atoms with Gasteiger partial charge in [0.15, 0.2) is 0 Å². The lowest BCUT2D eigenvalue weighted by atomic mass is 10.0. The molecule has 0 aliphatic carbocycles. The molecule has 3 atom stereocenters. The number of anilines is 2. The molecule has 33 heavy (non-hydrogen) atoms. The molecule has 2 heterocycles. The van der Waals surface area contributed by atoms with Crippen LogP contribution in [0.5, 0.6) is 0 Å². The zero-order valence-electron chi connectivity index (χ0n) is 18.9. The van der Waals surface area contributed by atoms with Gasteiger partial charge in [-0.3, -0.25) is 19.3 Å². The number of para-hydroxylation sites is 1. The lowest BCUT2D eigenvalue weighted by Crippen LogP contribution is -2.57. The van der Waals surface area contributed by atoms with E-state index in [1.807, 2.05) is 0 Å². The van der Waals surface area contributed by atoms with E-state index < -0.39 is 35.8 Å². The van der Waals surface area contributed by atoms with Gasteiger partial charge in [0.25, 0.3) is 5.91 Å². The van der Waals surface area contributed by atoms with Crippen molar-refractivity contribution in [3.05, 3.63) is 52.9 Å². The molecule has 1 aliphatic rings. The van der Waals surface area contributed by atoms with E-state index in [-0.39, 0.29) is 29.0 Å². The van der Waals surface area contributed by atoms with Crippen molar-refractivity contribution in [2.75, 3.05) is 17.3 Å². The summed E-state index contributed by atoms with van der Waals surface area (Å²) in [6, 6.07) is 5.17. The van der Waals surface area contributed by atoms with E-state index in [1.54, 1.807) is 40.0 Å². The summed E-state index contributed by atoms with van der Waals surface area (Å²) in [6.45, 7) is 5.28. The van der Waals surface area contributed by atoms with Crippen LogP contribution in [0.25, 0.3) is 0 Å². The fraction of sp³-hybridized carbons (Fsp3) is 0.391. The smallest absolute Gasteiger partial charge is 0.251 e. The Labute approximate surface area is 196 Å². The zero-order valence-corrected chi connectivity index (χ0v) is 19.6. The molecule has 0 saturated carbocycles. The molecule has 176 valence electrons. The average molecular weight is 476 g/mol. The summed E-state index contributed by atoms with van der Waals surface area (Å²) in [4.78, 5) is 45.0. The lowest BCUT2D eigenvalue weighted by Gasteiger charge is -2.31. The van der Waals surface area contributed by atoms with Gasteiger partial charge in [-0.15, -0.1) is 0 Å². The third-order valence-electron chi connectivity index (χ3n) is 5.63. The number of pyridine rings is 1. The van der Waals surface area contributed by atoms with Gasteiger partial charge in [0.1, 0.15) is 23.7 Å². The Morgan fingerprint density at radius 3 is 2.55 bits per heavy atom. The topological polar surface area (TPSA) is 103 Å². The summed E-state index contributed by atoms with van der Waals surface area (Å²) < 4.78 is 14.3. The largest absolute Gasteiger partial charge is 0.343 e. The molecule has 0 saturated heterocycles. The van der Waals surface area contributed by atoms with E-state index in [4.69, 9.17) is 11.6 Å². The first-order chi connectivity index (χ1) is 15.6. The van der Waals surface area contributed by atoms with E-state index in [2.05, 4.69) is 20.9 Å². The number of carbonyl (C=O) groups excluding carboxylic acids is 3. The normalized spacial score (nSPS) is 16.8. The monoisotopic (exact) mass is 475 g/mol. The van der Waals surface area contributed by atoms with Crippen LogP contribution in [0.1, 0.15) is 26.3 Å². The van der Waals surface area contributed by atoms with Crippen LogP contribution in [0.2, 0.25) is 5.02 Å². The van der Waals surface area contributed by atoms with Crippen molar-refractivity contribution < 1.29 is 18.8 Å². The highest BCUT2D eigenvalue weighted by Crippen LogP contribution is 2.33. The van der Waals surface area contributed by atoms with Crippen molar-refractivity contribution in [3.63, 3.8) is 0 Å². The molecule has 2 aromatic rings. The van der Waals surface area contributed by atoms with Crippen molar-refractivity contribution in [1.29, 1.82) is 0 Å². The highest BCUT2D eigenvalue weighted by Gasteiger charge is 2.43. The molecule has 3 rings (SSSR count). The zero-order chi connectivity index (χ0) is 24.3. The number of nitrogens with one attached hydrogen (secondary N) is 3. The second-order valence-electron chi connectivity index (χ2n) is 8.24. The van der Waals surface area contributed by atoms with Gasteiger partial charge in [0, 0.05) is 12.6 Å². The highest BCUT2D eigenvalue weighted by molar-refractivity contribution is 6.33. The van der Waals surface area contributed by atoms with E-state index in [0.29, 0.717) is 11.4 Å². The Kier molecular flexibility index (Phi) is 7.65. The molecule has 2 unspecified atom stereocenters.